The highest BCUT2D eigenvalue weighted by Gasteiger charge is 2.46. The van der Waals surface area contributed by atoms with E-state index in [1.165, 1.54) is 17.0 Å². The Morgan fingerprint density at radius 2 is 1.82 bits per heavy atom. The van der Waals surface area contributed by atoms with Gasteiger partial charge in [-0.05, 0) is 43.9 Å². The topological polar surface area (TPSA) is 141 Å². The van der Waals surface area contributed by atoms with E-state index >= 15 is 0 Å². The summed E-state index contributed by atoms with van der Waals surface area (Å²) >= 11 is 1.58. The van der Waals surface area contributed by atoms with Gasteiger partial charge in [0, 0.05) is 46.6 Å². The summed E-state index contributed by atoms with van der Waals surface area (Å²) in [6, 6.07) is 6.07. The van der Waals surface area contributed by atoms with Crippen LogP contribution in [0.5, 0.6) is 0 Å². The number of ether oxygens (including phenoxy) is 2. The number of esters is 2. The number of hydrogen-bond acceptors (Lipinski definition) is 10. The zero-order chi connectivity index (χ0) is 29.0. The van der Waals surface area contributed by atoms with E-state index < -0.39 is 41.8 Å². The average molecular weight is 574 g/mol. The summed E-state index contributed by atoms with van der Waals surface area (Å²) in [7, 11) is 0. The van der Waals surface area contributed by atoms with Gasteiger partial charge in [-0.25, -0.2) is 4.39 Å². The summed E-state index contributed by atoms with van der Waals surface area (Å²) in [5, 5.41) is 13.2. The molecule has 0 bridgehead atoms. The third-order valence-corrected chi connectivity index (χ3v) is 8.39. The molecule has 40 heavy (non-hydrogen) atoms. The van der Waals surface area contributed by atoms with Crippen LogP contribution in [0, 0.1) is 23.1 Å². The number of nitrogens with one attached hydrogen (secondary N) is 1. The zero-order valence-corrected chi connectivity index (χ0v) is 23.4. The number of rotatable bonds is 8. The molecule has 0 aliphatic carbocycles. The standard InChI is InChI=1S/C27H32FN5O6S/c1-15-31-21-13-33(14-23(21)40-15)27(37)25(39-17(3)35)24(38-16(2)34)26(36)30-12-18-6-8-32(9-7-18)22-5-4-20(28)10-19(22)11-29/h4-5,10,18,21,23-25H,6-9,12-14H2,1-3H3,(H,30,36)/t21?,23?,24-,25?/m1/s1. The molecular formula is C27H32FN5O6S. The molecule has 2 amide bonds. The van der Waals surface area contributed by atoms with E-state index in [0.29, 0.717) is 44.7 Å². The molecule has 3 aliphatic rings. The molecule has 0 spiro atoms. The molecule has 4 atom stereocenters. The van der Waals surface area contributed by atoms with Gasteiger partial charge >= 0.3 is 11.9 Å². The maximum absolute atomic E-state index is 13.5. The van der Waals surface area contributed by atoms with Crippen LogP contribution in [-0.4, -0.2) is 89.9 Å². The Morgan fingerprint density at radius 3 is 2.45 bits per heavy atom. The van der Waals surface area contributed by atoms with Crippen LogP contribution in [0.3, 0.4) is 0 Å². The molecule has 0 aromatic heterocycles. The summed E-state index contributed by atoms with van der Waals surface area (Å²) < 4.78 is 24.0. The van der Waals surface area contributed by atoms with E-state index in [1.807, 2.05) is 17.9 Å². The van der Waals surface area contributed by atoms with E-state index in [0.717, 1.165) is 18.9 Å². The Morgan fingerprint density at radius 1 is 1.15 bits per heavy atom. The van der Waals surface area contributed by atoms with Gasteiger partial charge in [0.25, 0.3) is 11.8 Å². The number of carbonyl (C=O) groups excluding carboxylic acids is 4. The van der Waals surface area contributed by atoms with E-state index in [1.54, 1.807) is 17.8 Å². The Kier molecular flexibility index (Phi) is 9.29. The second kappa shape index (κ2) is 12.7. The molecule has 2 saturated heterocycles. The Bertz CT molecular complexity index is 1240. The van der Waals surface area contributed by atoms with Crippen LogP contribution >= 0.6 is 11.8 Å². The predicted octanol–water partition coefficient (Wildman–Crippen LogP) is 1.64. The van der Waals surface area contributed by atoms with Crippen LogP contribution in [0.2, 0.25) is 0 Å². The molecule has 0 saturated carbocycles. The number of hydrogen-bond donors (Lipinski definition) is 1. The molecule has 1 aromatic carbocycles. The lowest BCUT2D eigenvalue weighted by Crippen LogP contribution is -2.54. The minimum absolute atomic E-state index is 0.0713. The van der Waals surface area contributed by atoms with Gasteiger partial charge in [0.1, 0.15) is 11.9 Å². The number of amides is 2. The van der Waals surface area contributed by atoms with Crippen molar-refractivity contribution in [2.45, 2.75) is 57.1 Å². The predicted molar refractivity (Wildman–Crippen MR) is 145 cm³/mol. The number of halogens is 1. The SMILES string of the molecule is CC(=O)OC(C(=O)N1CC2N=C(C)SC2C1)[C@@H](OC(C)=O)C(=O)NCC1CCN(c2ccc(F)cc2C#N)CC1. The zero-order valence-electron chi connectivity index (χ0n) is 22.6. The van der Waals surface area contributed by atoms with E-state index in [2.05, 4.69) is 10.3 Å². The van der Waals surface area contributed by atoms with Gasteiger partial charge in [0.15, 0.2) is 0 Å². The fourth-order valence-electron chi connectivity index (χ4n) is 5.29. The van der Waals surface area contributed by atoms with Crippen molar-refractivity contribution in [3.05, 3.63) is 29.6 Å². The number of nitrogens with zero attached hydrogens (tertiary/aromatic N) is 4. The van der Waals surface area contributed by atoms with Crippen molar-refractivity contribution in [2.75, 3.05) is 37.6 Å². The number of anilines is 1. The lowest BCUT2D eigenvalue weighted by atomic mass is 9.95. The maximum atomic E-state index is 13.5. The van der Waals surface area contributed by atoms with Crippen molar-refractivity contribution in [3.8, 4) is 6.07 Å². The van der Waals surface area contributed by atoms with E-state index in [-0.39, 0.29) is 29.3 Å². The summed E-state index contributed by atoms with van der Waals surface area (Å²) in [6.45, 7) is 6.29. The second-order valence-electron chi connectivity index (χ2n) is 10.1. The fourth-order valence-corrected chi connectivity index (χ4v) is 6.48. The van der Waals surface area contributed by atoms with Crippen LogP contribution in [0.25, 0.3) is 0 Å². The number of piperidine rings is 1. The highest BCUT2D eigenvalue weighted by molar-refractivity contribution is 8.14. The Balaban J connectivity index is 1.38. The summed E-state index contributed by atoms with van der Waals surface area (Å²) in [6.07, 6.45) is -1.91. The minimum atomic E-state index is -1.65. The highest BCUT2D eigenvalue weighted by Crippen LogP contribution is 2.33. The van der Waals surface area contributed by atoms with Gasteiger partial charge in [-0.15, -0.1) is 11.8 Å². The molecule has 13 heteroatoms. The van der Waals surface area contributed by atoms with Crippen LogP contribution < -0.4 is 10.2 Å². The van der Waals surface area contributed by atoms with Crippen molar-refractivity contribution in [1.29, 1.82) is 5.26 Å². The Hall–Kier alpha value is -3.66. The third-order valence-electron chi connectivity index (χ3n) is 7.18. The van der Waals surface area contributed by atoms with Gasteiger partial charge in [-0.2, -0.15) is 5.26 Å². The van der Waals surface area contributed by atoms with Crippen molar-refractivity contribution in [3.63, 3.8) is 0 Å². The van der Waals surface area contributed by atoms with Crippen LogP contribution in [-0.2, 0) is 28.7 Å². The maximum Gasteiger partial charge on any atom is 0.303 e. The van der Waals surface area contributed by atoms with Gasteiger partial charge in [-0.1, -0.05) is 0 Å². The van der Waals surface area contributed by atoms with E-state index in [9.17, 15) is 28.8 Å². The first kappa shape index (κ1) is 29.3. The molecule has 0 radical (unpaired) electrons. The molecule has 1 aromatic rings. The third kappa shape index (κ3) is 6.91. The number of fused-ring (bicyclic) bond motifs is 1. The number of thioether (sulfide) groups is 1. The molecule has 3 aliphatic heterocycles. The van der Waals surface area contributed by atoms with Crippen molar-refractivity contribution >= 4 is 46.2 Å². The smallest absolute Gasteiger partial charge is 0.303 e. The van der Waals surface area contributed by atoms with Gasteiger partial charge in [0.2, 0.25) is 12.2 Å². The van der Waals surface area contributed by atoms with Crippen molar-refractivity contribution in [1.82, 2.24) is 10.2 Å². The fraction of sp³-hybridized carbons (Fsp3) is 0.556. The first-order chi connectivity index (χ1) is 19.0. The summed E-state index contributed by atoms with van der Waals surface area (Å²) in [5.41, 5.74) is 0.925. The van der Waals surface area contributed by atoms with E-state index in [4.69, 9.17) is 9.47 Å². The number of carbonyl (C=O) groups is 4. The van der Waals surface area contributed by atoms with Crippen molar-refractivity contribution in [2.24, 2.45) is 10.9 Å². The first-order valence-electron chi connectivity index (χ1n) is 13.1. The Labute approximate surface area is 236 Å². The molecule has 3 unspecified atom stereocenters. The number of nitriles is 1. The normalized spacial score (nSPS) is 22.0. The van der Waals surface area contributed by atoms with Gasteiger partial charge in [-0.3, -0.25) is 24.2 Å². The molecular weight excluding hydrogens is 541 g/mol. The van der Waals surface area contributed by atoms with Gasteiger partial charge in [0.05, 0.1) is 27.6 Å². The highest BCUT2D eigenvalue weighted by atomic mass is 32.2. The molecule has 3 heterocycles. The molecule has 214 valence electrons. The van der Waals surface area contributed by atoms with Crippen molar-refractivity contribution < 1.29 is 33.0 Å². The lowest BCUT2D eigenvalue weighted by molar-refractivity contribution is -0.177. The molecule has 2 fully saturated rings. The second-order valence-corrected chi connectivity index (χ2v) is 11.6. The molecule has 4 rings (SSSR count). The number of benzene rings is 1. The minimum Gasteiger partial charge on any atom is -0.448 e. The van der Waals surface area contributed by atoms with Crippen LogP contribution in [0.4, 0.5) is 10.1 Å². The van der Waals surface area contributed by atoms with Crippen LogP contribution in [0.15, 0.2) is 23.2 Å². The quantitative estimate of drug-likeness (QED) is 0.460. The van der Waals surface area contributed by atoms with Crippen LogP contribution in [0.1, 0.15) is 39.2 Å². The lowest BCUT2D eigenvalue weighted by Gasteiger charge is -2.34. The summed E-state index contributed by atoms with van der Waals surface area (Å²) in [5.74, 6) is -3.31. The first-order valence-corrected chi connectivity index (χ1v) is 14.0. The largest absolute Gasteiger partial charge is 0.448 e. The average Bonchev–Trinajstić information content (AvgIpc) is 3.46. The number of likely N-dealkylation sites (tertiary alicyclic amines) is 1. The molecule has 1 N–H and O–H groups in total. The summed E-state index contributed by atoms with van der Waals surface area (Å²) in [4.78, 5) is 58.5. The monoisotopic (exact) mass is 573 g/mol. The van der Waals surface area contributed by atoms with Gasteiger partial charge < -0.3 is 24.6 Å². The molecule has 11 nitrogen and oxygen atoms in total. The number of aliphatic imine (C=N–C) groups is 1.